The second kappa shape index (κ2) is 4.91. The summed E-state index contributed by atoms with van der Waals surface area (Å²) in [6.45, 7) is 6.43. The van der Waals surface area contributed by atoms with Gasteiger partial charge >= 0.3 is 0 Å². The zero-order valence-electron chi connectivity index (χ0n) is 8.99. The van der Waals surface area contributed by atoms with Gasteiger partial charge in [0.15, 0.2) is 0 Å². The molecule has 0 aromatic carbocycles. The van der Waals surface area contributed by atoms with Crippen molar-refractivity contribution in [1.82, 2.24) is 0 Å². The van der Waals surface area contributed by atoms with Crippen LogP contribution in [-0.2, 0) is 11.2 Å². The maximum Gasteiger partial charge on any atom is 0.0887 e. The molecule has 0 amide bonds. The number of aliphatic hydroxyl groups excluding tert-OH is 1. The fourth-order valence-electron chi connectivity index (χ4n) is 1.33. The van der Waals surface area contributed by atoms with Crippen LogP contribution in [0.5, 0.6) is 0 Å². The van der Waals surface area contributed by atoms with E-state index in [1.54, 1.807) is 11.3 Å². The molecule has 1 unspecified atom stereocenters. The minimum absolute atomic E-state index is 0.443. The summed E-state index contributed by atoms with van der Waals surface area (Å²) in [5, 5.41) is 12.0. The highest BCUT2D eigenvalue weighted by molar-refractivity contribution is 7.09. The van der Waals surface area contributed by atoms with Gasteiger partial charge in [0.05, 0.1) is 11.7 Å². The molecule has 0 radical (unpaired) electrons. The lowest BCUT2D eigenvalue weighted by atomic mass is 9.98. The van der Waals surface area contributed by atoms with Crippen molar-refractivity contribution in [3.63, 3.8) is 0 Å². The Morgan fingerprint density at radius 1 is 1.57 bits per heavy atom. The van der Waals surface area contributed by atoms with Crippen LogP contribution in [0.15, 0.2) is 17.5 Å². The van der Waals surface area contributed by atoms with Crippen molar-refractivity contribution in [2.24, 2.45) is 0 Å². The maximum atomic E-state index is 9.96. The standard InChI is InChI=1S/C11H18O2S/c1-4-13-11(2,3)10(12)8-9-6-5-7-14-9/h5-7,10,12H,4,8H2,1-3H3. The quantitative estimate of drug-likeness (QED) is 0.816. The van der Waals surface area contributed by atoms with Crippen LogP contribution >= 0.6 is 11.3 Å². The monoisotopic (exact) mass is 214 g/mol. The molecule has 0 bridgehead atoms. The Morgan fingerprint density at radius 2 is 2.29 bits per heavy atom. The summed E-state index contributed by atoms with van der Waals surface area (Å²) in [4.78, 5) is 1.20. The third kappa shape index (κ3) is 3.08. The minimum atomic E-state index is -0.460. The molecule has 1 aromatic rings. The van der Waals surface area contributed by atoms with Crippen LogP contribution in [0.4, 0.5) is 0 Å². The summed E-state index contributed by atoms with van der Waals surface area (Å²) >= 11 is 1.67. The van der Waals surface area contributed by atoms with Crippen LogP contribution < -0.4 is 0 Å². The van der Waals surface area contributed by atoms with E-state index < -0.39 is 11.7 Å². The van der Waals surface area contributed by atoms with Gasteiger partial charge in [-0.1, -0.05) is 6.07 Å². The summed E-state index contributed by atoms with van der Waals surface area (Å²) in [6.07, 6.45) is 0.228. The number of hydrogen-bond donors (Lipinski definition) is 1. The fraction of sp³-hybridized carbons (Fsp3) is 0.636. The van der Waals surface area contributed by atoms with Crippen LogP contribution in [-0.4, -0.2) is 23.4 Å². The first-order chi connectivity index (χ1) is 6.56. The molecule has 2 nitrogen and oxygen atoms in total. The van der Waals surface area contributed by atoms with Gasteiger partial charge in [0.2, 0.25) is 0 Å². The molecule has 0 fully saturated rings. The summed E-state index contributed by atoms with van der Waals surface area (Å²) < 4.78 is 5.49. The van der Waals surface area contributed by atoms with E-state index in [4.69, 9.17) is 4.74 Å². The summed E-state index contributed by atoms with van der Waals surface area (Å²) in [5.41, 5.74) is -0.460. The zero-order chi connectivity index (χ0) is 10.6. The predicted molar refractivity (Wildman–Crippen MR) is 59.7 cm³/mol. The van der Waals surface area contributed by atoms with Crippen molar-refractivity contribution in [3.8, 4) is 0 Å². The maximum absolute atomic E-state index is 9.96. The first kappa shape index (κ1) is 11.7. The van der Waals surface area contributed by atoms with Crippen LogP contribution in [0.1, 0.15) is 25.6 Å². The highest BCUT2D eigenvalue weighted by Gasteiger charge is 2.28. The minimum Gasteiger partial charge on any atom is -0.390 e. The molecule has 14 heavy (non-hydrogen) atoms. The third-order valence-corrected chi connectivity index (χ3v) is 3.19. The van der Waals surface area contributed by atoms with Gasteiger partial charge in [-0.3, -0.25) is 0 Å². The van der Waals surface area contributed by atoms with Crippen molar-refractivity contribution < 1.29 is 9.84 Å². The molecule has 0 saturated carbocycles. The summed E-state index contributed by atoms with van der Waals surface area (Å²) in [6, 6.07) is 4.04. The molecule has 1 rings (SSSR count). The molecule has 1 atom stereocenters. The first-order valence-corrected chi connectivity index (χ1v) is 5.78. The number of thiophene rings is 1. The Bertz CT molecular complexity index is 254. The van der Waals surface area contributed by atoms with E-state index in [0.717, 1.165) is 0 Å². The second-order valence-electron chi connectivity index (χ2n) is 3.84. The van der Waals surface area contributed by atoms with Gasteiger partial charge in [-0.2, -0.15) is 0 Å². The lowest BCUT2D eigenvalue weighted by Gasteiger charge is -2.30. The Balaban J connectivity index is 2.52. The third-order valence-electron chi connectivity index (χ3n) is 2.29. The van der Waals surface area contributed by atoms with Gasteiger partial charge in [0, 0.05) is 17.9 Å². The van der Waals surface area contributed by atoms with E-state index in [2.05, 4.69) is 0 Å². The van der Waals surface area contributed by atoms with Gasteiger partial charge in [-0.15, -0.1) is 11.3 Å². The van der Waals surface area contributed by atoms with Gasteiger partial charge in [-0.25, -0.2) is 0 Å². The van der Waals surface area contributed by atoms with Crippen molar-refractivity contribution in [1.29, 1.82) is 0 Å². The van der Waals surface area contributed by atoms with Crippen molar-refractivity contribution in [3.05, 3.63) is 22.4 Å². The van der Waals surface area contributed by atoms with Gasteiger partial charge in [0.1, 0.15) is 0 Å². The topological polar surface area (TPSA) is 29.5 Å². The molecule has 3 heteroatoms. The average Bonchev–Trinajstić information content (AvgIpc) is 2.56. The molecule has 1 heterocycles. The first-order valence-electron chi connectivity index (χ1n) is 4.90. The van der Waals surface area contributed by atoms with Crippen molar-refractivity contribution in [2.45, 2.75) is 38.9 Å². The van der Waals surface area contributed by atoms with Gasteiger partial charge in [-0.05, 0) is 32.2 Å². The number of rotatable bonds is 5. The van der Waals surface area contributed by atoms with Gasteiger partial charge in [0.25, 0.3) is 0 Å². The van der Waals surface area contributed by atoms with E-state index in [9.17, 15) is 5.11 Å². The molecule has 1 aromatic heterocycles. The van der Waals surface area contributed by atoms with Gasteiger partial charge < -0.3 is 9.84 Å². The lowest BCUT2D eigenvalue weighted by Crippen LogP contribution is -2.40. The van der Waals surface area contributed by atoms with E-state index in [1.165, 1.54) is 4.88 Å². The van der Waals surface area contributed by atoms with E-state index in [-0.39, 0.29) is 0 Å². The van der Waals surface area contributed by atoms with Crippen LogP contribution in [0, 0.1) is 0 Å². The van der Waals surface area contributed by atoms with Crippen molar-refractivity contribution in [2.75, 3.05) is 6.61 Å². The predicted octanol–water partition coefficient (Wildman–Crippen LogP) is 2.47. The highest BCUT2D eigenvalue weighted by Crippen LogP contribution is 2.20. The fourth-order valence-corrected chi connectivity index (χ4v) is 2.08. The Labute approximate surface area is 89.5 Å². The summed E-state index contributed by atoms with van der Waals surface area (Å²) in [7, 11) is 0. The number of ether oxygens (including phenoxy) is 1. The average molecular weight is 214 g/mol. The molecule has 1 N–H and O–H groups in total. The highest BCUT2D eigenvalue weighted by atomic mass is 32.1. The smallest absolute Gasteiger partial charge is 0.0887 e. The van der Waals surface area contributed by atoms with Crippen molar-refractivity contribution >= 4 is 11.3 Å². The molecule has 0 aliphatic rings. The normalized spacial score (nSPS) is 14.3. The molecule has 0 aliphatic heterocycles. The number of aliphatic hydroxyl groups is 1. The molecule has 0 aliphatic carbocycles. The molecule has 80 valence electrons. The number of hydrogen-bond acceptors (Lipinski definition) is 3. The SMILES string of the molecule is CCOC(C)(C)C(O)Cc1cccs1. The van der Waals surface area contributed by atoms with Crippen LogP contribution in [0.25, 0.3) is 0 Å². The lowest BCUT2D eigenvalue weighted by molar-refractivity contribution is -0.0952. The Morgan fingerprint density at radius 3 is 2.79 bits per heavy atom. The molecular weight excluding hydrogens is 196 g/mol. The Hall–Kier alpha value is -0.380. The van der Waals surface area contributed by atoms with Crippen LogP contribution in [0.3, 0.4) is 0 Å². The zero-order valence-corrected chi connectivity index (χ0v) is 9.80. The molecule has 0 saturated heterocycles. The molecular formula is C11H18O2S. The van der Waals surface area contributed by atoms with Crippen LogP contribution in [0.2, 0.25) is 0 Å². The Kier molecular flexibility index (Phi) is 4.11. The van der Waals surface area contributed by atoms with E-state index in [0.29, 0.717) is 13.0 Å². The van der Waals surface area contributed by atoms with E-state index in [1.807, 2.05) is 38.3 Å². The molecule has 0 spiro atoms. The van der Waals surface area contributed by atoms with E-state index >= 15 is 0 Å². The largest absolute Gasteiger partial charge is 0.390 e. The summed E-state index contributed by atoms with van der Waals surface area (Å²) in [5.74, 6) is 0. The second-order valence-corrected chi connectivity index (χ2v) is 4.87.